The molecule has 0 spiro atoms. The van der Waals surface area contributed by atoms with Crippen LogP contribution in [0.4, 0.5) is 4.79 Å². The number of carboxylic acid groups (broad SMARTS) is 1. The fourth-order valence-electron chi connectivity index (χ4n) is 1.70. The number of oxazole rings is 1. The van der Waals surface area contributed by atoms with Crippen LogP contribution in [-0.4, -0.2) is 40.1 Å². The normalized spacial score (nSPS) is 10.7. The summed E-state index contributed by atoms with van der Waals surface area (Å²) < 4.78 is 5.35. The van der Waals surface area contributed by atoms with Gasteiger partial charge in [0, 0.05) is 6.54 Å². The van der Waals surface area contributed by atoms with Crippen molar-refractivity contribution in [2.45, 2.75) is 34.2 Å². The predicted molar refractivity (Wildman–Crippen MR) is 72.3 cm³/mol. The molecular weight excluding hydrogens is 262 g/mol. The van der Waals surface area contributed by atoms with Gasteiger partial charge in [-0.05, 0) is 19.8 Å². The van der Waals surface area contributed by atoms with Crippen LogP contribution in [0.1, 0.15) is 31.2 Å². The topological polar surface area (TPSA) is 95.7 Å². The van der Waals surface area contributed by atoms with Crippen molar-refractivity contribution in [1.29, 1.82) is 0 Å². The van der Waals surface area contributed by atoms with Gasteiger partial charge in [-0.25, -0.2) is 9.78 Å². The van der Waals surface area contributed by atoms with Crippen molar-refractivity contribution in [3.05, 3.63) is 17.3 Å². The first kappa shape index (κ1) is 16.0. The van der Waals surface area contributed by atoms with Crippen LogP contribution >= 0.6 is 0 Å². The van der Waals surface area contributed by atoms with Gasteiger partial charge in [-0.15, -0.1) is 0 Å². The summed E-state index contributed by atoms with van der Waals surface area (Å²) >= 11 is 0. The SMILES string of the molecule is Cc1nc(CNC(=O)N(CC(=O)O)CC(C)C)oc1C. The zero-order chi connectivity index (χ0) is 15.3. The molecule has 20 heavy (non-hydrogen) atoms. The highest BCUT2D eigenvalue weighted by molar-refractivity contribution is 5.80. The van der Waals surface area contributed by atoms with Gasteiger partial charge in [0.2, 0.25) is 5.89 Å². The zero-order valence-electron chi connectivity index (χ0n) is 12.3. The van der Waals surface area contributed by atoms with E-state index >= 15 is 0 Å². The second kappa shape index (κ2) is 6.93. The molecule has 0 aliphatic heterocycles. The average molecular weight is 283 g/mol. The average Bonchev–Trinajstić information content (AvgIpc) is 2.64. The lowest BCUT2D eigenvalue weighted by molar-refractivity contribution is -0.137. The number of hydrogen-bond donors (Lipinski definition) is 2. The van der Waals surface area contributed by atoms with E-state index in [1.165, 1.54) is 4.90 Å². The molecule has 0 fully saturated rings. The summed E-state index contributed by atoms with van der Waals surface area (Å²) in [6.45, 7) is 7.64. The van der Waals surface area contributed by atoms with Crippen molar-refractivity contribution in [2.75, 3.05) is 13.1 Å². The lowest BCUT2D eigenvalue weighted by Crippen LogP contribution is -2.44. The molecule has 2 amide bonds. The summed E-state index contributed by atoms with van der Waals surface area (Å²) in [7, 11) is 0. The Morgan fingerprint density at radius 2 is 2.05 bits per heavy atom. The maximum absolute atomic E-state index is 12.0. The number of carboxylic acids is 1. The molecule has 0 radical (unpaired) electrons. The van der Waals surface area contributed by atoms with Crippen LogP contribution in [0.15, 0.2) is 4.42 Å². The number of amides is 2. The summed E-state index contributed by atoms with van der Waals surface area (Å²) in [5.41, 5.74) is 0.777. The van der Waals surface area contributed by atoms with Gasteiger partial charge in [0.15, 0.2) is 0 Å². The van der Waals surface area contributed by atoms with E-state index in [1.807, 2.05) is 20.8 Å². The first-order valence-electron chi connectivity index (χ1n) is 6.47. The summed E-state index contributed by atoms with van der Waals surface area (Å²) in [4.78, 5) is 28.1. The summed E-state index contributed by atoms with van der Waals surface area (Å²) in [6.07, 6.45) is 0. The predicted octanol–water partition coefficient (Wildman–Crippen LogP) is 1.54. The number of hydrogen-bond acceptors (Lipinski definition) is 4. The van der Waals surface area contributed by atoms with Crippen LogP contribution in [0.5, 0.6) is 0 Å². The van der Waals surface area contributed by atoms with E-state index in [0.29, 0.717) is 18.2 Å². The Morgan fingerprint density at radius 1 is 1.40 bits per heavy atom. The van der Waals surface area contributed by atoms with E-state index in [0.717, 1.165) is 5.69 Å². The summed E-state index contributed by atoms with van der Waals surface area (Å²) in [5, 5.41) is 11.4. The van der Waals surface area contributed by atoms with Crippen molar-refractivity contribution in [2.24, 2.45) is 5.92 Å². The molecule has 7 nitrogen and oxygen atoms in total. The maximum Gasteiger partial charge on any atom is 0.323 e. The number of aryl methyl sites for hydroxylation is 2. The van der Waals surface area contributed by atoms with Gasteiger partial charge < -0.3 is 19.7 Å². The lowest BCUT2D eigenvalue weighted by atomic mass is 10.2. The molecule has 7 heteroatoms. The third-order valence-electron chi connectivity index (χ3n) is 2.66. The zero-order valence-corrected chi connectivity index (χ0v) is 12.3. The first-order valence-corrected chi connectivity index (χ1v) is 6.47. The van der Waals surface area contributed by atoms with E-state index in [-0.39, 0.29) is 19.0 Å². The van der Waals surface area contributed by atoms with Crippen LogP contribution in [-0.2, 0) is 11.3 Å². The highest BCUT2D eigenvalue weighted by Crippen LogP contribution is 2.08. The summed E-state index contributed by atoms with van der Waals surface area (Å²) in [5.74, 6) is 0.266. The third-order valence-corrected chi connectivity index (χ3v) is 2.66. The number of carbonyl (C=O) groups is 2. The minimum absolute atomic E-state index is 0.141. The molecule has 0 aliphatic carbocycles. The van der Waals surface area contributed by atoms with E-state index in [9.17, 15) is 9.59 Å². The van der Waals surface area contributed by atoms with Crippen LogP contribution in [0.25, 0.3) is 0 Å². The van der Waals surface area contributed by atoms with Crippen molar-refractivity contribution >= 4 is 12.0 Å². The van der Waals surface area contributed by atoms with Gasteiger partial charge in [-0.3, -0.25) is 4.79 Å². The lowest BCUT2D eigenvalue weighted by Gasteiger charge is -2.22. The Balaban J connectivity index is 2.58. The number of rotatable bonds is 6. The molecular formula is C13H21N3O4. The Bertz CT molecular complexity index is 462. The van der Waals surface area contributed by atoms with Gasteiger partial charge >= 0.3 is 12.0 Å². The van der Waals surface area contributed by atoms with Gasteiger partial charge in [0.25, 0.3) is 0 Å². The minimum Gasteiger partial charge on any atom is -0.480 e. The Morgan fingerprint density at radius 3 is 2.50 bits per heavy atom. The van der Waals surface area contributed by atoms with Crippen LogP contribution < -0.4 is 5.32 Å². The van der Waals surface area contributed by atoms with Crippen LogP contribution in [0, 0.1) is 19.8 Å². The molecule has 0 bridgehead atoms. The van der Waals surface area contributed by atoms with Crippen LogP contribution in [0.3, 0.4) is 0 Å². The largest absolute Gasteiger partial charge is 0.480 e. The third kappa shape index (κ3) is 4.91. The van der Waals surface area contributed by atoms with E-state index in [1.54, 1.807) is 6.92 Å². The fraction of sp³-hybridized carbons (Fsp3) is 0.615. The minimum atomic E-state index is -1.04. The Labute approximate surface area is 118 Å². The monoisotopic (exact) mass is 283 g/mol. The molecule has 2 N–H and O–H groups in total. The van der Waals surface area contributed by atoms with Crippen molar-refractivity contribution < 1.29 is 19.1 Å². The Hall–Kier alpha value is -2.05. The molecule has 0 unspecified atom stereocenters. The highest BCUT2D eigenvalue weighted by Gasteiger charge is 2.18. The van der Waals surface area contributed by atoms with Gasteiger partial charge in [0.05, 0.1) is 12.2 Å². The number of aromatic nitrogens is 1. The van der Waals surface area contributed by atoms with Gasteiger partial charge in [-0.2, -0.15) is 0 Å². The number of nitrogens with one attached hydrogen (secondary N) is 1. The van der Waals surface area contributed by atoms with E-state index in [4.69, 9.17) is 9.52 Å². The second-order valence-corrected chi connectivity index (χ2v) is 5.08. The smallest absolute Gasteiger partial charge is 0.323 e. The van der Waals surface area contributed by atoms with Gasteiger partial charge in [0.1, 0.15) is 12.3 Å². The van der Waals surface area contributed by atoms with Crippen molar-refractivity contribution in [1.82, 2.24) is 15.2 Å². The molecule has 0 aromatic carbocycles. The number of carbonyl (C=O) groups excluding carboxylic acids is 1. The number of nitrogens with zero attached hydrogens (tertiary/aromatic N) is 2. The van der Waals surface area contributed by atoms with Gasteiger partial charge in [-0.1, -0.05) is 13.8 Å². The molecule has 1 rings (SSSR count). The maximum atomic E-state index is 12.0. The molecule has 112 valence electrons. The Kier molecular flexibility index (Phi) is 5.54. The quantitative estimate of drug-likeness (QED) is 0.825. The highest BCUT2D eigenvalue weighted by atomic mass is 16.4. The summed E-state index contributed by atoms with van der Waals surface area (Å²) in [6, 6.07) is -0.436. The molecule has 0 atom stereocenters. The van der Waals surface area contributed by atoms with Crippen molar-refractivity contribution in [3.63, 3.8) is 0 Å². The molecule has 1 aromatic heterocycles. The van der Waals surface area contributed by atoms with E-state index < -0.39 is 12.0 Å². The van der Waals surface area contributed by atoms with Crippen molar-refractivity contribution in [3.8, 4) is 0 Å². The second-order valence-electron chi connectivity index (χ2n) is 5.08. The van der Waals surface area contributed by atoms with E-state index in [2.05, 4.69) is 10.3 Å². The molecule has 0 saturated heterocycles. The number of urea groups is 1. The first-order chi connectivity index (χ1) is 9.29. The van der Waals surface area contributed by atoms with Crippen LogP contribution in [0.2, 0.25) is 0 Å². The standard InChI is InChI=1S/C13H21N3O4/c1-8(2)6-16(7-12(17)18)13(19)14-5-11-15-9(3)10(4)20-11/h8H,5-7H2,1-4H3,(H,14,19)(H,17,18). The number of aliphatic carboxylic acids is 1. The molecule has 0 saturated carbocycles. The fourth-order valence-corrected chi connectivity index (χ4v) is 1.70. The molecule has 1 aromatic rings. The molecule has 0 aliphatic rings. The molecule has 1 heterocycles.